The lowest BCUT2D eigenvalue weighted by atomic mass is 9.88. The Bertz CT molecular complexity index is 663. The van der Waals surface area contributed by atoms with Gasteiger partial charge in [0, 0.05) is 57.7 Å². The minimum Gasteiger partial charge on any atom is -0.381 e. The molecule has 8 nitrogen and oxygen atoms in total. The first-order chi connectivity index (χ1) is 13.7. The molecule has 3 saturated heterocycles. The molecule has 4 rings (SSSR count). The van der Waals surface area contributed by atoms with Gasteiger partial charge in [-0.3, -0.25) is 14.6 Å². The first-order valence-electron chi connectivity index (χ1n) is 10.6. The number of aromatic nitrogens is 2. The fourth-order valence-electron chi connectivity index (χ4n) is 4.77. The third kappa shape index (κ3) is 4.18. The molecule has 1 atom stereocenters. The number of nitrogens with zero attached hydrogens (tertiary/aromatic N) is 5. The lowest BCUT2D eigenvalue weighted by Crippen LogP contribution is -2.59. The van der Waals surface area contributed by atoms with E-state index in [1.165, 1.54) is 25.9 Å². The van der Waals surface area contributed by atoms with Gasteiger partial charge in [-0.2, -0.15) is 5.10 Å². The van der Waals surface area contributed by atoms with Crippen molar-refractivity contribution in [1.29, 1.82) is 0 Å². The van der Waals surface area contributed by atoms with E-state index in [4.69, 9.17) is 9.47 Å². The number of hydrogen-bond donors (Lipinski definition) is 1. The second kappa shape index (κ2) is 8.80. The van der Waals surface area contributed by atoms with Crippen molar-refractivity contribution in [3.8, 4) is 0 Å². The molecule has 0 aliphatic carbocycles. The summed E-state index contributed by atoms with van der Waals surface area (Å²) in [5.41, 5.74) is 1.32. The van der Waals surface area contributed by atoms with E-state index in [0.717, 1.165) is 57.2 Å². The van der Waals surface area contributed by atoms with Crippen LogP contribution in [0.5, 0.6) is 0 Å². The van der Waals surface area contributed by atoms with Crippen LogP contribution in [0.15, 0.2) is 17.4 Å². The van der Waals surface area contributed by atoms with Crippen molar-refractivity contribution < 1.29 is 9.47 Å². The van der Waals surface area contributed by atoms with Crippen LogP contribution >= 0.6 is 0 Å². The Morgan fingerprint density at radius 1 is 1.25 bits per heavy atom. The number of hydrogen-bond acceptors (Lipinski definition) is 5. The fourth-order valence-corrected chi connectivity index (χ4v) is 4.77. The number of nitrogens with one attached hydrogen (secondary N) is 1. The smallest absolute Gasteiger partial charge is 0.193 e. The number of aliphatic imine (C=N–C) groups is 1. The summed E-state index contributed by atoms with van der Waals surface area (Å²) < 4.78 is 13.5. The molecular formula is C20H34N6O2. The highest BCUT2D eigenvalue weighted by Crippen LogP contribution is 2.31. The van der Waals surface area contributed by atoms with Gasteiger partial charge in [-0.05, 0) is 38.8 Å². The third-order valence-electron chi connectivity index (χ3n) is 6.45. The summed E-state index contributed by atoms with van der Waals surface area (Å²) in [6.45, 7) is 7.42. The van der Waals surface area contributed by atoms with Crippen LogP contribution in [-0.2, 0) is 16.5 Å². The van der Waals surface area contributed by atoms with Crippen LogP contribution in [0, 0.1) is 0 Å². The maximum Gasteiger partial charge on any atom is 0.193 e. The molecular weight excluding hydrogens is 356 g/mol. The van der Waals surface area contributed by atoms with Gasteiger partial charge in [0.15, 0.2) is 5.96 Å². The number of rotatable bonds is 4. The monoisotopic (exact) mass is 390 g/mol. The Morgan fingerprint density at radius 2 is 2.04 bits per heavy atom. The van der Waals surface area contributed by atoms with Crippen LogP contribution in [0.2, 0.25) is 0 Å². The average molecular weight is 391 g/mol. The van der Waals surface area contributed by atoms with Gasteiger partial charge in [-0.15, -0.1) is 0 Å². The van der Waals surface area contributed by atoms with Gasteiger partial charge in [0.1, 0.15) is 6.10 Å². The van der Waals surface area contributed by atoms with Gasteiger partial charge >= 0.3 is 0 Å². The molecule has 156 valence electrons. The second-order valence-electron chi connectivity index (χ2n) is 8.18. The molecule has 0 radical (unpaired) electrons. The summed E-state index contributed by atoms with van der Waals surface area (Å²) >= 11 is 0. The van der Waals surface area contributed by atoms with Crippen molar-refractivity contribution in [3.05, 3.63) is 18.0 Å². The molecule has 1 aromatic heterocycles. The van der Waals surface area contributed by atoms with E-state index in [0.29, 0.717) is 6.61 Å². The van der Waals surface area contributed by atoms with Crippen molar-refractivity contribution in [2.24, 2.45) is 12.0 Å². The summed E-state index contributed by atoms with van der Waals surface area (Å²) in [5, 5.41) is 7.99. The maximum absolute atomic E-state index is 6.00. The van der Waals surface area contributed by atoms with Gasteiger partial charge in [-0.25, -0.2) is 0 Å². The Morgan fingerprint density at radius 3 is 2.71 bits per heavy atom. The number of morpholine rings is 1. The van der Waals surface area contributed by atoms with E-state index in [1.54, 1.807) is 0 Å². The molecule has 8 heteroatoms. The van der Waals surface area contributed by atoms with Gasteiger partial charge in [0.2, 0.25) is 0 Å². The van der Waals surface area contributed by atoms with E-state index in [2.05, 4.69) is 25.2 Å². The van der Waals surface area contributed by atoms with Crippen molar-refractivity contribution in [3.63, 3.8) is 0 Å². The number of ether oxygens (including phenoxy) is 2. The van der Waals surface area contributed by atoms with Gasteiger partial charge < -0.3 is 19.7 Å². The van der Waals surface area contributed by atoms with Crippen molar-refractivity contribution in [2.45, 2.75) is 37.3 Å². The summed E-state index contributed by atoms with van der Waals surface area (Å²) in [5.74, 6) is 0.974. The zero-order valence-electron chi connectivity index (χ0n) is 17.3. The minimum absolute atomic E-state index is 0.0385. The molecule has 0 aromatic carbocycles. The summed E-state index contributed by atoms with van der Waals surface area (Å²) in [4.78, 5) is 9.60. The van der Waals surface area contributed by atoms with E-state index >= 15 is 0 Å². The van der Waals surface area contributed by atoms with E-state index in [9.17, 15) is 0 Å². The van der Waals surface area contributed by atoms with Crippen molar-refractivity contribution in [2.75, 3.05) is 59.6 Å². The van der Waals surface area contributed by atoms with E-state index in [-0.39, 0.29) is 11.6 Å². The predicted molar refractivity (Wildman–Crippen MR) is 108 cm³/mol. The first kappa shape index (κ1) is 19.7. The third-order valence-corrected chi connectivity index (χ3v) is 6.45. The van der Waals surface area contributed by atoms with Crippen LogP contribution < -0.4 is 5.32 Å². The highest BCUT2D eigenvalue weighted by Gasteiger charge is 2.40. The molecule has 1 unspecified atom stereocenters. The lowest BCUT2D eigenvalue weighted by molar-refractivity contribution is -0.0193. The average Bonchev–Trinajstić information content (AvgIpc) is 3.42. The quantitative estimate of drug-likeness (QED) is 0.612. The second-order valence-corrected chi connectivity index (χ2v) is 8.18. The highest BCUT2D eigenvalue weighted by molar-refractivity contribution is 5.80. The molecule has 1 N–H and O–H groups in total. The highest BCUT2D eigenvalue weighted by atomic mass is 16.5. The Hall–Kier alpha value is -1.64. The zero-order chi connectivity index (χ0) is 19.4. The Balaban J connectivity index is 1.40. The van der Waals surface area contributed by atoms with Gasteiger partial charge in [0.05, 0.1) is 19.3 Å². The summed E-state index contributed by atoms with van der Waals surface area (Å²) in [7, 11) is 3.82. The fraction of sp³-hybridized carbons (Fsp3) is 0.800. The molecule has 0 bridgehead atoms. The van der Waals surface area contributed by atoms with Crippen LogP contribution in [0.4, 0.5) is 0 Å². The molecule has 0 saturated carbocycles. The normalized spacial score (nSPS) is 26.6. The van der Waals surface area contributed by atoms with Gasteiger partial charge in [-0.1, -0.05) is 0 Å². The van der Waals surface area contributed by atoms with Crippen LogP contribution in [0.25, 0.3) is 0 Å². The minimum atomic E-state index is 0.0385. The molecule has 4 heterocycles. The number of likely N-dealkylation sites (tertiary alicyclic amines) is 1. The van der Waals surface area contributed by atoms with E-state index in [1.807, 2.05) is 31.2 Å². The van der Waals surface area contributed by atoms with E-state index < -0.39 is 0 Å². The molecule has 3 fully saturated rings. The zero-order valence-corrected chi connectivity index (χ0v) is 17.3. The van der Waals surface area contributed by atoms with Crippen LogP contribution in [-0.4, -0.2) is 90.7 Å². The van der Waals surface area contributed by atoms with Crippen LogP contribution in [0.3, 0.4) is 0 Å². The Labute approximate surface area is 167 Å². The van der Waals surface area contributed by atoms with Crippen molar-refractivity contribution in [1.82, 2.24) is 24.9 Å². The molecule has 28 heavy (non-hydrogen) atoms. The maximum atomic E-state index is 6.00. The summed E-state index contributed by atoms with van der Waals surface area (Å²) in [6.07, 6.45) is 8.79. The molecule has 0 amide bonds. The first-order valence-corrected chi connectivity index (χ1v) is 10.6. The molecule has 0 spiro atoms. The lowest BCUT2D eigenvalue weighted by Gasteiger charge is -2.45. The molecule has 3 aliphatic heterocycles. The summed E-state index contributed by atoms with van der Waals surface area (Å²) in [6, 6.07) is 0. The van der Waals surface area contributed by atoms with Crippen molar-refractivity contribution >= 4 is 5.96 Å². The standard InChI is InChI=1S/C20H34N6O2/c1-21-19(25-9-12-28-18(15-25)17-13-23-24(2)14-17)22-16-20(5-10-27-11-6-20)26-7-3-4-8-26/h13-14,18H,3-12,15-16H2,1-2H3,(H,21,22). The molecule has 3 aliphatic rings. The van der Waals surface area contributed by atoms with Crippen LogP contribution in [0.1, 0.15) is 37.4 Å². The Kier molecular flexibility index (Phi) is 6.18. The number of aryl methyl sites for hydroxylation is 1. The number of guanidine groups is 1. The predicted octanol–water partition coefficient (Wildman–Crippen LogP) is 1.01. The SMILES string of the molecule is CN=C(NCC1(N2CCCC2)CCOCC1)N1CCOC(c2cnn(C)c2)C1. The van der Waals surface area contributed by atoms with Gasteiger partial charge in [0.25, 0.3) is 0 Å². The molecule has 1 aromatic rings. The topological polar surface area (TPSA) is 67.2 Å². The largest absolute Gasteiger partial charge is 0.381 e.